The van der Waals surface area contributed by atoms with Crippen LogP contribution in [0.3, 0.4) is 0 Å². The summed E-state index contributed by atoms with van der Waals surface area (Å²) in [7, 11) is 0. The van der Waals surface area contributed by atoms with Gasteiger partial charge < -0.3 is 10.2 Å². The number of rotatable bonds is 5. The highest BCUT2D eigenvalue weighted by atomic mass is 16.2. The minimum Gasteiger partial charge on any atom is -0.330 e. The predicted molar refractivity (Wildman–Crippen MR) is 72.2 cm³/mol. The van der Waals surface area contributed by atoms with Crippen molar-refractivity contribution in [2.24, 2.45) is 0 Å². The van der Waals surface area contributed by atoms with E-state index in [9.17, 15) is 9.59 Å². The van der Waals surface area contributed by atoms with E-state index < -0.39 is 0 Å². The molecule has 1 N–H and O–H groups in total. The van der Waals surface area contributed by atoms with Gasteiger partial charge in [-0.25, -0.2) is 0 Å². The van der Waals surface area contributed by atoms with Crippen molar-refractivity contribution in [1.82, 2.24) is 4.90 Å². The van der Waals surface area contributed by atoms with E-state index in [1.807, 2.05) is 6.07 Å². The molecular formula is C14H15N3O2. The molecular weight excluding hydrogens is 242 g/mol. The maximum atomic E-state index is 11.8. The molecule has 0 spiro atoms. The number of hydrogen-bond acceptors (Lipinski definition) is 3. The zero-order chi connectivity index (χ0) is 14.3. The third-order valence-electron chi connectivity index (χ3n) is 2.40. The topological polar surface area (TPSA) is 73.2 Å². The minimum atomic E-state index is -0.313. The van der Waals surface area contributed by atoms with E-state index in [2.05, 4.69) is 11.9 Å². The van der Waals surface area contributed by atoms with E-state index in [-0.39, 0.29) is 18.4 Å². The van der Waals surface area contributed by atoms with Gasteiger partial charge in [-0.05, 0) is 18.2 Å². The fraction of sp³-hybridized carbons (Fsp3) is 0.214. The first kappa shape index (κ1) is 14.5. The van der Waals surface area contributed by atoms with E-state index in [1.165, 1.54) is 11.8 Å². The van der Waals surface area contributed by atoms with Gasteiger partial charge in [-0.1, -0.05) is 12.1 Å². The molecule has 5 heteroatoms. The molecule has 0 unspecified atom stereocenters. The van der Waals surface area contributed by atoms with Crippen LogP contribution in [0, 0.1) is 11.3 Å². The fourth-order valence-electron chi connectivity index (χ4n) is 1.50. The molecule has 98 valence electrons. The van der Waals surface area contributed by atoms with Gasteiger partial charge in [0.15, 0.2) is 0 Å². The number of anilines is 1. The lowest BCUT2D eigenvalue weighted by molar-refractivity contribution is -0.132. The number of nitriles is 1. The molecule has 19 heavy (non-hydrogen) atoms. The van der Waals surface area contributed by atoms with Crippen LogP contribution in [-0.4, -0.2) is 29.8 Å². The summed E-state index contributed by atoms with van der Waals surface area (Å²) in [6.07, 6.45) is 1.56. The molecule has 0 atom stereocenters. The highest BCUT2D eigenvalue weighted by Gasteiger charge is 2.12. The third kappa shape index (κ3) is 4.64. The van der Waals surface area contributed by atoms with Gasteiger partial charge in [-0.2, -0.15) is 5.26 Å². The first-order valence-electron chi connectivity index (χ1n) is 5.73. The Morgan fingerprint density at radius 1 is 1.53 bits per heavy atom. The van der Waals surface area contributed by atoms with Crippen molar-refractivity contribution in [3.63, 3.8) is 0 Å². The number of carbonyl (C=O) groups is 2. The van der Waals surface area contributed by atoms with E-state index in [0.29, 0.717) is 17.8 Å². The molecule has 0 heterocycles. The number of amides is 2. The Hall–Kier alpha value is -2.61. The number of nitrogens with zero attached hydrogens (tertiary/aromatic N) is 2. The Kier molecular flexibility index (Phi) is 5.30. The van der Waals surface area contributed by atoms with E-state index in [0.717, 1.165) is 0 Å². The molecule has 0 saturated heterocycles. The zero-order valence-electron chi connectivity index (χ0n) is 10.7. The highest BCUT2D eigenvalue weighted by Crippen LogP contribution is 2.09. The second-order valence-corrected chi connectivity index (χ2v) is 3.93. The predicted octanol–water partition coefficient (Wildman–Crippen LogP) is 1.53. The Morgan fingerprint density at radius 2 is 2.26 bits per heavy atom. The van der Waals surface area contributed by atoms with Crippen LogP contribution in [-0.2, 0) is 9.59 Å². The molecule has 0 saturated carbocycles. The largest absolute Gasteiger partial charge is 0.330 e. The molecule has 0 fully saturated rings. The highest BCUT2D eigenvalue weighted by molar-refractivity contribution is 5.94. The second-order valence-electron chi connectivity index (χ2n) is 3.93. The number of nitrogens with one attached hydrogen (secondary N) is 1. The molecule has 2 amide bonds. The molecule has 0 bridgehead atoms. The number of carbonyl (C=O) groups excluding carboxylic acids is 2. The molecule has 0 aliphatic heterocycles. The van der Waals surface area contributed by atoms with Crippen molar-refractivity contribution in [1.29, 1.82) is 5.26 Å². The first-order valence-corrected chi connectivity index (χ1v) is 5.73. The Morgan fingerprint density at radius 3 is 2.84 bits per heavy atom. The van der Waals surface area contributed by atoms with Crippen molar-refractivity contribution in [3.8, 4) is 6.07 Å². The van der Waals surface area contributed by atoms with E-state index in [1.54, 1.807) is 30.3 Å². The lowest BCUT2D eigenvalue weighted by atomic mass is 10.2. The van der Waals surface area contributed by atoms with Crippen molar-refractivity contribution in [2.45, 2.75) is 6.92 Å². The summed E-state index contributed by atoms with van der Waals surface area (Å²) in [5, 5.41) is 11.4. The maximum absolute atomic E-state index is 11.8. The molecule has 1 aromatic rings. The molecule has 0 aliphatic rings. The van der Waals surface area contributed by atoms with Crippen LogP contribution in [0.1, 0.15) is 12.5 Å². The van der Waals surface area contributed by atoms with Gasteiger partial charge in [0.25, 0.3) is 0 Å². The van der Waals surface area contributed by atoms with Gasteiger partial charge in [0, 0.05) is 19.2 Å². The van der Waals surface area contributed by atoms with Crippen LogP contribution >= 0.6 is 0 Å². The summed E-state index contributed by atoms with van der Waals surface area (Å²) in [4.78, 5) is 24.4. The van der Waals surface area contributed by atoms with Crippen LogP contribution in [0.5, 0.6) is 0 Å². The summed E-state index contributed by atoms with van der Waals surface area (Å²) in [6, 6.07) is 8.58. The van der Waals surface area contributed by atoms with Crippen LogP contribution in [0.25, 0.3) is 0 Å². The monoisotopic (exact) mass is 257 g/mol. The maximum Gasteiger partial charge on any atom is 0.244 e. The summed E-state index contributed by atoms with van der Waals surface area (Å²) in [6.45, 7) is 5.21. The zero-order valence-corrected chi connectivity index (χ0v) is 10.7. The van der Waals surface area contributed by atoms with Crippen LogP contribution in [0.4, 0.5) is 5.69 Å². The van der Waals surface area contributed by atoms with Gasteiger partial charge in [0.2, 0.25) is 11.8 Å². The van der Waals surface area contributed by atoms with E-state index >= 15 is 0 Å². The second kappa shape index (κ2) is 6.97. The lowest BCUT2D eigenvalue weighted by Gasteiger charge is -2.18. The summed E-state index contributed by atoms with van der Waals surface area (Å²) >= 11 is 0. The Balaban J connectivity index is 2.66. The molecule has 1 aromatic carbocycles. The van der Waals surface area contributed by atoms with Crippen molar-refractivity contribution in [3.05, 3.63) is 42.5 Å². The van der Waals surface area contributed by atoms with Crippen LogP contribution in [0.15, 0.2) is 36.9 Å². The molecule has 0 aliphatic carbocycles. The summed E-state index contributed by atoms with van der Waals surface area (Å²) in [5.74, 6) is -0.507. The average molecular weight is 257 g/mol. The molecule has 0 aromatic heterocycles. The van der Waals surface area contributed by atoms with Gasteiger partial charge in [0.05, 0.1) is 11.6 Å². The van der Waals surface area contributed by atoms with Crippen LogP contribution < -0.4 is 5.32 Å². The normalized spacial score (nSPS) is 9.26. The minimum absolute atomic E-state index is 0.0435. The average Bonchev–Trinajstić information content (AvgIpc) is 2.38. The van der Waals surface area contributed by atoms with Crippen LogP contribution in [0.2, 0.25) is 0 Å². The SMILES string of the molecule is C=CCN(CC(=O)Nc1cccc(C#N)c1)C(C)=O. The number of benzene rings is 1. The molecule has 1 rings (SSSR count). The van der Waals surface area contributed by atoms with Crippen molar-refractivity contribution in [2.75, 3.05) is 18.4 Å². The number of hydrogen-bond donors (Lipinski definition) is 1. The van der Waals surface area contributed by atoms with E-state index in [4.69, 9.17) is 5.26 Å². The van der Waals surface area contributed by atoms with Gasteiger partial charge in [-0.3, -0.25) is 9.59 Å². The standard InChI is InChI=1S/C14H15N3O2/c1-3-7-17(11(2)18)10-14(19)16-13-6-4-5-12(8-13)9-15/h3-6,8H,1,7,10H2,2H3,(H,16,19). The lowest BCUT2D eigenvalue weighted by Crippen LogP contribution is -2.36. The van der Waals surface area contributed by atoms with Crippen molar-refractivity contribution >= 4 is 17.5 Å². The first-order chi connectivity index (χ1) is 9.06. The van der Waals surface area contributed by atoms with Crippen molar-refractivity contribution < 1.29 is 9.59 Å². The Bertz CT molecular complexity index is 532. The Labute approximate surface area is 112 Å². The summed E-state index contributed by atoms with van der Waals surface area (Å²) in [5.41, 5.74) is 0.999. The smallest absolute Gasteiger partial charge is 0.244 e. The summed E-state index contributed by atoms with van der Waals surface area (Å²) < 4.78 is 0. The quantitative estimate of drug-likeness (QED) is 0.813. The van der Waals surface area contributed by atoms with Gasteiger partial charge >= 0.3 is 0 Å². The molecule has 0 radical (unpaired) electrons. The third-order valence-corrected chi connectivity index (χ3v) is 2.40. The molecule has 5 nitrogen and oxygen atoms in total. The fourth-order valence-corrected chi connectivity index (χ4v) is 1.50. The van der Waals surface area contributed by atoms with Gasteiger partial charge in [0.1, 0.15) is 6.54 Å². The van der Waals surface area contributed by atoms with Gasteiger partial charge in [-0.15, -0.1) is 6.58 Å².